The molecule has 24 heavy (non-hydrogen) atoms. The standard InChI is InChI=1S/C21H28O3/c1-16(21(22)23)9-6-7-14-20-17(2)15-19(24-20)13-8-12-18-10-4-3-5-11-18/h3-5,10-11,16-17,19-20H,6-7,9,13-15H2,1-2H3,(H,22,23)/t16-,17-,19-,20-/m0/s1. The summed E-state index contributed by atoms with van der Waals surface area (Å²) in [5.74, 6) is 6.05. The Morgan fingerprint density at radius 2 is 2.08 bits per heavy atom. The molecule has 0 bridgehead atoms. The molecule has 1 aliphatic rings. The predicted octanol–water partition coefficient (Wildman–Crippen LogP) is 4.50. The summed E-state index contributed by atoms with van der Waals surface area (Å²) in [5, 5.41) is 8.90. The van der Waals surface area contributed by atoms with Crippen LogP contribution in [0.3, 0.4) is 0 Å². The van der Waals surface area contributed by atoms with E-state index in [1.807, 2.05) is 30.3 Å². The highest BCUT2D eigenvalue weighted by Gasteiger charge is 2.31. The van der Waals surface area contributed by atoms with Crippen LogP contribution in [0.5, 0.6) is 0 Å². The summed E-state index contributed by atoms with van der Waals surface area (Å²) >= 11 is 0. The fourth-order valence-corrected chi connectivity index (χ4v) is 3.20. The Balaban J connectivity index is 1.68. The van der Waals surface area contributed by atoms with E-state index in [-0.39, 0.29) is 12.0 Å². The monoisotopic (exact) mass is 328 g/mol. The number of carboxylic acid groups (broad SMARTS) is 1. The van der Waals surface area contributed by atoms with Crippen LogP contribution in [-0.2, 0) is 9.53 Å². The molecule has 1 aliphatic heterocycles. The van der Waals surface area contributed by atoms with Gasteiger partial charge in [0.1, 0.15) is 0 Å². The van der Waals surface area contributed by atoms with E-state index in [1.165, 1.54) is 0 Å². The normalized spacial score (nSPS) is 24.2. The van der Waals surface area contributed by atoms with Gasteiger partial charge in [0.05, 0.1) is 18.1 Å². The number of benzene rings is 1. The van der Waals surface area contributed by atoms with E-state index in [2.05, 4.69) is 18.8 Å². The van der Waals surface area contributed by atoms with Gasteiger partial charge in [-0.2, -0.15) is 0 Å². The van der Waals surface area contributed by atoms with Crippen molar-refractivity contribution >= 4 is 5.97 Å². The SMILES string of the molecule is C[C@@H](CCCC[C@@H]1O[C@@H](CC#Cc2ccccc2)C[C@@H]1C)C(=O)O. The van der Waals surface area contributed by atoms with E-state index in [0.29, 0.717) is 12.0 Å². The first kappa shape index (κ1) is 18.5. The van der Waals surface area contributed by atoms with Crippen LogP contribution >= 0.6 is 0 Å². The molecule has 0 aliphatic carbocycles. The first-order valence-electron chi connectivity index (χ1n) is 8.98. The Bertz CT molecular complexity index is 570. The quantitative estimate of drug-likeness (QED) is 0.592. The van der Waals surface area contributed by atoms with Crippen molar-refractivity contribution in [3.05, 3.63) is 35.9 Å². The van der Waals surface area contributed by atoms with Gasteiger partial charge >= 0.3 is 5.97 Å². The van der Waals surface area contributed by atoms with Crippen molar-refractivity contribution in [2.24, 2.45) is 11.8 Å². The van der Waals surface area contributed by atoms with Crippen molar-refractivity contribution in [2.45, 2.75) is 64.6 Å². The number of hydrogen-bond donors (Lipinski definition) is 1. The maximum atomic E-state index is 10.8. The molecule has 0 unspecified atom stereocenters. The van der Waals surface area contributed by atoms with Crippen molar-refractivity contribution < 1.29 is 14.6 Å². The molecule has 1 saturated heterocycles. The van der Waals surface area contributed by atoms with Crippen molar-refractivity contribution in [2.75, 3.05) is 0 Å². The van der Waals surface area contributed by atoms with Gasteiger partial charge in [0.2, 0.25) is 0 Å². The summed E-state index contributed by atoms with van der Waals surface area (Å²) < 4.78 is 6.15. The van der Waals surface area contributed by atoms with Crippen LogP contribution in [0.1, 0.15) is 57.9 Å². The summed E-state index contributed by atoms with van der Waals surface area (Å²) in [6.45, 7) is 4.02. The van der Waals surface area contributed by atoms with Gasteiger partial charge in [0, 0.05) is 12.0 Å². The lowest BCUT2D eigenvalue weighted by molar-refractivity contribution is -0.141. The summed E-state index contributed by atoms with van der Waals surface area (Å²) in [4.78, 5) is 10.8. The number of carboxylic acids is 1. The number of rotatable bonds is 7. The Morgan fingerprint density at radius 3 is 2.79 bits per heavy atom. The van der Waals surface area contributed by atoms with Crippen LogP contribution in [0.15, 0.2) is 30.3 Å². The number of ether oxygens (including phenoxy) is 1. The molecule has 1 fully saturated rings. The summed E-state index contributed by atoms with van der Waals surface area (Å²) in [6, 6.07) is 10.0. The number of aliphatic carboxylic acids is 1. The van der Waals surface area contributed by atoms with Crippen molar-refractivity contribution in [1.29, 1.82) is 0 Å². The average molecular weight is 328 g/mol. The molecule has 0 radical (unpaired) electrons. The third-order valence-electron chi connectivity index (χ3n) is 4.77. The number of unbranched alkanes of at least 4 members (excludes halogenated alkanes) is 1. The van der Waals surface area contributed by atoms with Gasteiger partial charge in [-0.05, 0) is 37.3 Å². The first-order valence-corrected chi connectivity index (χ1v) is 8.98. The largest absolute Gasteiger partial charge is 0.481 e. The van der Waals surface area contributed by atoms with Gasteiger partial charge in [-0.15, -0.1) is 0 Å². The minimum absolute atomic E-state index is 0.235. The summed E-state index contributed by atoms with van der Waals surface area (Å²) in [7, 11) is 0. The molecule has 3 heteroatoms. The van der Waals surface area contributed by atoms with E-state index >= 15 is 0 Å². The second-order valence-corrected chi connectivity index (χ2v) is 6.91. The maximum Gasteiger partial charge on any atom is 0.306 e. The second-order valence-electron chi connectivity index (χ2n) is 6.91. The third kappa shape index (κ3) is 6.02. The fraction of sp³-hybridized carbons (Fsp3) is 0.571. The van der Waals surface area contributed by atoms with Gasteiger partial charge in [-0.25, -0.2) is 0 Å². The molecule has 130 valence electrons. The van der Waals surface area contributed by atoms with Crippen molar-refractivity contribution in [1.82, 2.24) is 0 Å². The van der Waals surface area contributed by atoms with E-state index < -0.39 is 5.97 Å². The summed E-state index contributed by atoms with van der Waals surface area (Å²) in [6.07, 6.45) is 6.16. The van der Waals surface area contributed by atoms with E-state index in [9.17, 15) is 4.79 Å². The first-order chi connectivity index (χ1) is 11.6. The van der Waals surface area contributed by atoms with Gasteiger partial charge in [-0.1, -0.05) is 56.7 Å². The van der Waals surface area contributed by atoms with E-state index in [4.69, 9.17) is 9.84 Å². The smallest absolute Gasteiger partial charge is 0.306 e. The third-order valence-corrected chi connectivity index (χ3v) is 4.77. The molecule has 0 amide bonds. The van der Waals surface area contributed by atoms with E-state index in [1.54, 1.807) is 6.92 Å². The minimum atomic E-state index is -0.697. The fourth-order valence-electron chi connectivity index (χ4n) is 3.20. The molecular weight excluding hydrogens is 300 g/mol. The van der Waals surface area contributed by atoms with Gasteiger partial charge in [-0.3, -0.25) is 4.79 Å². The molecule has 0 saturated carbocycles. The molecule has 0 aromatic heterocycles. The molecule has 1 N–H and O–H groups in total. The lowest BCUT2D eigenvalue weighted by Crippen LogP contribution is -2.15. The van der Waals surface area contributed by atoms with Crippen LogP contribution < -0.4 is 0 Å². The Labute approximate surface area is 145 Å². The van der Waals surface area contributed by atoms with Crippen molar-refractivity contribution in [3.8, 4) is 11.8 Å². The molecular formula is C21H28O3. The van der Waals surface area contributed by atoms with Gasteiger partial charge in [0.25, 0.3) is 0 Å². The zero-order valence-corrected chi connectivity index (χ0v) is 14.7. The maximum absolute atomic E-state index is 10.8. The lowest BCUT2D eigenvalue weighted by Gasteiger charge is -2.15. The second kappa shape index (κ2) is 9.49. The highest BCUT2D eigenvalue weighted by atomic mass is 16.5. The molecule has 1 aromatic carbocycles. The minimum Gasteiger partial charge on any atom is -0.481 e. The van der Waals surface area contributed by atoms with Crippen molar-refractivity contribution in [3.63, 3.8) is 0 Å². The molecule has 1 aromatic rings. The van der Waals surface area contributed by atoms with E-state index in [0.717, 1.165) is 44.1 Å². The molecule has 1 heterocycles. The topological polar surface area (TPSA) is 46.5 Å². The summed E-state index contributed by atoms with van der Waals surface area (Å²) in [5.41, 5.74) is 1.05. The lowest BCUT2D eigenvalue weighted by atomic mass is 9.95. The Hall–Kier alpha value is -1.79. The highest BCUT2D eigenvalue weighted by Crippen LogP contribution is 2.31. The molecule has 2 rings (SSSR count). The molecule has 4 atom stereocenters. The zero-order valence-electron chi connectivity index (χ0n) is 14.7. The van der Waals surface area contributed by atoms with Crippen LogP contribution in [-0.4, -0.2) is 23.3 Å². The van der Waals surface area contributed by atoms with Crippen LogP contribution in [0.4, 0.5) is 0 Å². The molecule has 3 nitrogen and oxygen atoms in total. The zero-order chi connectivity index (χ0) is 17.4. The van der Waals surface area contributed by atoms with Gasteiger partial charge in [0.15, 0.2) is 0 Å². The van der Waals surface area contributed by atoms with Gasteiger partial charge < -0.3 is 9.84 Å². The Morgan fingerprint density at radius 1 is 1.33 bits per heavy atom. The van der Waals surface area contributed by atoms with Crippen LogP contribution in [0.25, 0.3) is 0 Å². The predicted molar refractivity (Wildman–Crippen MR) is 95.6 cm³/mol. The number of carbonyl (C=O) groups is 1. The molecule has 0 spiro atoms. The van der Waals surface area contributed by atoms with Crippen LogP contribution in [0, 0.1) is 23.7 Å². The number of hydrogen-bond acceptors (Lipinski definition) is 2. The highest BCUT2D eigenvalue weighted by molar-refractivity contribution is 5.69. The average Bonchev–Trinajstić information content (AvgIpc) is 2.92. The van der Waals surface area contributed by atoms with Crippen LogP contribution in [0.2, 0.25) is 0 Å². The Kier molecular flexibility index (Phi) is 7.34.